The molecule has 1 aliphatic rings. The Kier molecular flexibility index (Phi) is 6.34. The lowest BCUT2D eigenvalue weighted by Crippen LogP contribution is -2.44. The molecule has 162 valence electrons. The molecule has 0 saturated heterocycles. The lowest BCUT2D eigenvalue weighted by molar-refractivity contribution is -0.118. The first-order valence-electron chi connectivity index (χ1n) is 10.5. The van der Waals surface area contributed by atoms with Crippen molar-refractivity contribution in [3.63, 3.8) is 0 Å². The van der Waals surface area contributed by atoms with Crippen molar-refractivity contribution in [2.75, 3.05) is 32.6 Å². The highest BCUT2D eigenvalue weighted by atomic mass is 16.5. The Bertz CT molecular complexity index is 1060. The van der Waals surface area contributed by atoms with Gasteiger partial charge in [0.15, 0.2) is 0 Å². The van der Waals surface area contributed by atoms with Crippen LogP contribution in [0.15, 0.2) is 48.7 Å². The fraction of sp³-hybridized carbons (Fsp3) is 0.333. The fourth-order valence-corrected chi connectivity index (χ4v) is 3.75. The smallest absolute Gasteiger partial charge is 0.241 e. The number of carbonyl (C=O) groups excluding carboxylic acids is 1. The molecule has 1 aromatic heterocycles. The van der Waals surface area contributed by atoms with Crippen molar-refractivity contribution in [3.8, 4) is 16.9 Å². The summed E-state index contributed by atoms with van der Waals surface area (Å²) in [5, 5.41) is 13.5. The SMILES string of the molecule is Cc1[nH]ncc1-c1ccc(NC(=O)[C@@H]2Cc3ccccc3CN2)c(OCCN(C)C)c1. The number of rotatable bonds is 7. The lowest BCUT2D eigenvalue weighted by Gasteiger charge is -2.25. The third-order valence-corrected chi connectivity index (χ3v) is 5.57. The van der Waals surface area contributed by atoms with Gasteiger partial charge < -0.3 is 20.3 Å². The number of nitrogens with one attached hydrogen (secondary N) is 3. The van der Waals surface area contributed by atoms with Gasteiger partial charge in [-0.2, -0.15) is 5.10 Å². The Morgan fingerprint density at radius 1 is 1.23 bits per heavy atom. The number of carbonyl (C=O) groups is 1. The predicted octanol–water partition coefficient (Wildman–Crippen LogP) is 2.98. The van der Waals surface area contributed by atoms with Crippen molar-refractivity contribution in [1.29, 1.82) is 0 Å². The third kappa shape index (κ3) is 4.95. The summed E-state index contributed by atoms with van der Waals surface area (Å²) in [6.45, 7) is 3.98. The van der Waals surface area contributed by atoms with Crippen LogP contribution in [0.1, 0.15) is 16.8 Å². The van der Waals surface area contributed by atoms with Crippen LogP contribution in [0.3, 0.4) is 0 Å². The van der Waals surface area contributed by atoms with Gasteiger partial charge >= 0.3 is 0 Å². The van der Waals surface area contributed by atoms with E-state index >= 15 is 0 Å². The molecule has 0 radical (unpaired) electrons. The highest BCUT2D eigenvalue weighted by molar-refractivity contribution is 5.97. The van der Waals surface area contributed by atoms with E-state index in [0.29, 0.717) is 31.0 Å². The minimum Gasteiger partial charge on any atom is -0.490 e. The fourth-order valence-electron chi connectivity index (χ4n) is 3.75. The van der Waals surface area contributed by atoms with E-state index in [0.717, 1.165) is 23.4 Å². The van der Waals surface area contributed by atoms with Crippen LogP contribution in [0.25, 0.3) is 11.1 Å². The van der Waals surface area contributed by atoms with E-state index in [-0.39, 0.29) is 11.9 Å². The number of nitrogens with zero attached hydrogens (tertiary/aromatic N) is 2. The second kappa shape index (κ2) is 9.32. The zero-order valence-electron chi connectivity index (χ0n) is 18.2. The molecule has 3 aromatic rings. The largest absolute Gasteiger partial charge is 0.490 e. The molecule has 0 spiro atoms. The van der Waals surface area contributed by atoms with Crippen molar-refractivity contribution >= 4 is 11.6 Å². The van der Waals surface area contributed by atoms with Crippen LogP contribution < -0.4 is 15.4 Å². The number of likely N-dealkylation sites (N-methyl/N-ethyl adjacent to an activating group) is 1. The summed E-state index contributed by atoms with van der Waals surface area (Å²) in [5.74, 6) is 0.601. The molecule has 31 heavy (non-hydrogen) atoms. The molecule has 7 nitrogen and oxygen atoms in total. The normalized spacial score (nSPS) is 15.5. The van der Waals surface area contributed by atoms with E-state index in [4.69, 9.17) is 4.74 Å². The number of anilines is 1. The number of benzene rings is 2. The maximum Gasteiger partial charge on any atom is 0.241 e. The van der Waals surface area contributed by atoms with Crippen LogP contribution in [0.5, 0.6) is 5.75 Å². The van der Waals surface area contributed by atoms with Crippen molar-refractivity contribution in [3.05, 3.63) is 65.5 Å². The molecule has 7 heteroatoms. The van der Waals surface area contributed by atoms with E-state index in [1.54, 1.807) is 6.20 Å². The molecule has 2 aromatic carbocycles. The number of aromatic nitrogens is 2. The van der Waals surface area contributed by atoms with E-state index in [2.05, 4.69) is 37.9 Å². The number of fused-ring (bicyclic) bond motifs is 1. The molecule has 1 amide bonds. The Labute approximate surface area is 182 Å². The van der Waals surface area contributed by atoms with Gasteiger partial charge in [-0.25, -0.2) is 0 Å². The molecular formula is C24H29N5O2. The second-order valence-corrected chi connectivity index (χ2v) is 8.17. The summed E-state index contributed by atoms with van der Waals surface area (Å²) in [6.07, 6.45) is 2.47. The van der Waals surface area contributed by atoms with E-state index in [1.165, 1.54) is 11.1 Å². The van der Waals surface area contributed by atoms with Crippen LogP contribution in [0.2, 0.25) is 0 Å². The Morgan fingerprint density at radius 2 is 2.03 bits per heavy atom. The Hall–Kier alpha value is -3.16. The van der Waals surface area contributed by atoms with E-state index in [1.807, 2.05) is 51.4 Å². The van der Waals surface area contributed by atoms with Gasteiger partial charge in [0, 0.05) is 24.3 Å². The highest BCUT2D eigenvalue weighted by Crippen LogP contribution is 2.32. The number of H-pyrrole nitrogens is 1. The van der Waals surface area contributed by atoms with Gasteiger partial charge in [0.1, 0.15) is 12.4 Å². The number of aryl methyl sites for hydroxylation is 1. The lowest BCUT2D eigenvalue weighted by atomic mass is 9.95. The number of amides is 1. The number of hydrogen-bond acceptors (Lipinski definition) is 5. The van der Waals surface area contributed by atoms with Gasteiger partial charge in [0.05, 0.1) is 17.9 Å². The average molecular weight is 420 g/mol. The first-order chi connectivity index (χ1) is 15.0. The van der Waals surface area contributed by atoms with Crippen LogP contribution >= 0.6 is 0 Å². The summed E-state index contributed by atoms with van der Waals surface area (Å²) >= 11 is 0. The van der Waals surface area contributed by atoms with Gasteiger partial charge in [-0.3, -0.25) is 9.89 Å². The maximum absolute atomic E-state index is 13.0. The highest BCUT2D eigenvalue weighted by Gasteiger charge is 2.24. The Balaban J connectivity index is 1.53. The first-order valence-corrected chi connectivity index (χ1v) is 10.5. The molecule has 0 bridgehead atoms. The summed E-state index contributed by atoms with van der Waals surface area (Å²) in [4.78, 5) is 15.1. The topological polar surface area (TPSA) is 82.3 Å². The molecule has 0 fully saturated rings. The van der Waals surface area contributed by atoms with Gasteiger partial charge in [-0.05, 0) is 56.3 Å². The maximum atomic E-state index is 13.0. The van der Waals surface area contributed by atoms with Crippen molar-refractivity contribution < 1.29 is 9.53 Å². The molecule has 2 heterocycles. The van der Waals surface area contributed by atoms with Gasteiger partial charge in [-0.15, -0.1) is 0 Å². The molecule has 4 rings (SSSR count). The zero-order chi connectivity index (χ0) is 21.8. The molecule has 0 saturated carbocycles. The summed E-state index contributed by atoms with van der Waals surface area (Å²) < 4.78 is 6.06. The van der Waals surface area contributed by atoms with Crippen LogP contribution in [-0.4, -0.2) is 54.3 Å². The Morgan fingerprint density at radius 3 is 2.77 bits per heavy atom. The first kappa shape index (κ1) is 21.1. The number of aromatic amines is 1. The number of hydrogen-bond donors (Lipinski definition) is 3. The molecule has 1 aliphatic heterocycles. The number of ether oxygens (including phenoxy) is 1. The van der Waals surface area contributed by atoms with Gasteiger partial charge in [0.25, 0.3) is 0 Å². The predicted molar refractivity (Wildman–Crippen MR) is 122 cm³/mol. The minimum atomic E-state index is -0.277. The van der Waals surface area contributed by atoms with Crippen molar-refractivity contribution in [2.24, 2.45) is 0 Å². The van der Waals surface area contributed by atoms with E-state index in [9.17, 15) is 4.79 Å². The van der Waals surface area contributed by atoms with Crippen molar-refractivity contribution in [2.45, 2.75) is 25.9 Å². The molecule has 1 atom stereocenters. The monoisotopic (exact) mass is 419 g/mol. The summed E-state index contributed by atoms with van der Waals surface area (Å²) in [6, 6.07) is 13.8. The van der Waals surface area contributed by atoms with Crippen molar-refractivity contribution in [1.82, 2.24) is 20.4 Å². The minimum absolute atomic E-state index is 0.0563. The van der Waals surface area contributed by atoms with Gasteiger partial charge in [0.2, 0.25) is 5.91 Å². The van der Waals surface area contributed by atoms with Crippen LogP contribution in [-0.2, 0) is 17.8 Å². The van der Waals surface area contributed by atoms with E-state index < -0.39 is 0 Å². The van der Waals surface area contributed by atoms with Crippen LogP contribution in [0.4, 0.5) is 5.69 Å². The second-order valence-electron chi connectivity index (χ2n) is 8.17. The van der Waals surface area contributed by atoms with Gasteiger partial charge in [-0.1, -0.05) is 30.3 Å². The third-order valence-electron chi connectivity index (χ3n) is 5.57. The zero-order valence-corrected chi connectivity index (χ0v) is 18.2. The molecule has 0 unspecified atom stereocenters. The quantitative estimate of drug-likeness (QED) is 0.549. The summed E-state index contributed by atoms with van der Waals surface area (Å²) in [7, 11) is 4.01. The molecule has 0 aliphatic carbocycles. The molecular weight excluding hydrogens is 390 g/mol. The average Bonchev–Trinajstić information content (AvgIpc) is 3.20. The molecule has 3 N–H and O–H groups in total. The summed E-state index contributed by atoms with van der Waals surface area (Å²) in [5.41, 5.74) is 6.14. The van der Waals surface area contributed by atoms with Crippen LogP contribution in [0, 0.1) is 6.92 Å². The standard InChI is InChI=1S/C24H29N5O2/c1-16-20(15-26-28-16)18-8-9-21(23(13-18)31-11-10-29(2)3)27-24(30)22-12-17-6-4-5-7-19(17)14-25-22/h4-9,13,15,22,25H,10-12,14H2,1-3H3,(H,26,28)(H,27,30)/t22-/m0/s1.